The van der Waals surface area contributed by atoms with Crippen LogP contribution in [0.15, 0.2) is 78.9 Å². The normalized spacial score (nSPS) is 11.6. The minimum Gasteiger partial charge on any atom is -0.508 e. The Morgan fingerprint density at radius 3 is 2.32 bits per heavy atom. The lowest BCUT2D eigenvalue weighted by molar-refractivity contribution is 0.294. The molecule has 6 heteroatoms. The van der Waals surface area contributed by atoms with Crippen molar-refractivity contribution < 1.29 is 5.11 Å². The van der Waals surface area contributed by atoms with Crippen molar-refractivity contribution in [2.24, 2.45) is 0 Å². The van der Waals surface area contributed by atoms with Crippen molar-refractivity contribution in [2.45, 2.75) is 6.54 Å². The molecule has 0 aliphatic rings. The van der Waals surface area contributed by atoms with E-state index in [0.29, 0.717) is 31.4 Å². The van der Waals surface area contributed by atoms with Gasteiger partial charge in [-0.15, -0.1) is 23.2 Å². The first kappa shape index (κ1) is 22.7. The summed E-state index contributed by atoms with van der Waals surface area (Å²) in [7, 11) is 0. The number of hydrogen-bond donors (Lipinski definition) is 2. The van der Waals surface area contributed by atoms with Crippen LogP contribution in [0.25, 0.3) is 32.6 Å². The van der Waals surface area contributed by atoms with Gasteiger partial charge in [0.25, 0.3) is 0 Å². The summed E-state index contributed by atoms with van der Waals surface area (Å²) >= 11 is 11.9. The molecule has 1 aromatic heterocycles. The molecule has 0 amide bonds. The van der Waals surface area contributed by atoms with Crippen molar-refractivity contribution in [1.29, 1.82) is 0 Å². The number of alkyl halides is 2. The van der Waals surface area contributed by atoms with Crippen molar-refractivity contribution in [3.8, 4) is 5.75 Å². The summed E-state index contributed by atoms with van der Waals surface area (Å²) in [6.07, 6.45) is 0. The van der Waals surface area contributed by atoms with Gasteiger partial charge >= 0.3 is 0 Å². The molecule has 5 rings (SSSR count). The topological polar surface area (TPSA) is 48.4 Å². The van der Waals surface area contributed by atoms with Gasteiger partial charge in [-0.2, -0.15) is 0 Å². The van der Waals surface area contributed by atoms with Gasteiger partial charge in [0.15, 0.2) is 0 Å². The van der Waals surface area contributed by atoms with Gasteiger partial charge in [-0.3, -0.25) is 4.90 Å². The van der Waals surface area contributed by atoms with Crippen molar-refractivity contribution in [1.82, 2.24) is 9.88 Å². The molecule has 0 atom stereocenters. The molecule has 4 aromatic carbocycles. The van der Waals surface area contributed by atoms with Crippen LogP contribution in [-0.2, 0) is 6.54 Å². The fourth-order valence-corrected chi connectivity index (χ4v) is 4.92. The van der Waals surface area contributed by atoms with Gasteiger partial charge in [0.1, 0.15) is 5.75 Å². The van der Waals surface area contributed by atoms with Crippen LogP contribution in [0.1, 0.15) is 5.56 Å². The molecule has 0 spiro atoms. The number of pyridine rings is 1. The fourth-order valence-electron chi connectivity index (χ4n) is 4.44. The third-order valence-corrected chi connectivity index (χ3v) is 6.46. The van der Waals surface area contributed by atoms with Crippen LogP contribution in [0.4, 0.5) is 11.4 Å². The molecule has 172 valence electrons. The molecule has 0 radical (unpaired) electrons. The van der Waals surface area contributed by atoms with Crippen molar-refractivity contribution in [3.05, 3.63) is 84.4 Å². The summed E-state index contributed by atoms with van der Waals surface area (Å²) in [5.41, 5.74) is 4.63. The zero-order valence-electron chi connectivity index (χ0n) is 18.6. The minimum atomic E-state index is 0.259. The summed E-state index contributed by atoms with van der Waals surface area (Å²) in [6, 6.07) is 26.4. The van der Waals surface area contributed by atoms with Crippen LogP contribution >= 0.6 is 23.2 Å². The van der Waals surface area contributed by atoms with Gasteiger partial charge in [-0.25, -0.2) is 4.98 Å². The molecule has 0 bridgehead atoms. The number of hydrogen-bond acceptors (Lipinski definition) is 4. The lowest BCUT2D eigenvalue weighted by atomic mass is 10.0. The van der Waals surface area contributed by atoms with E-state index < -0.39 is 0 Å². The Kier molecular flexibility index (Phi) is 6.73. The molecule has 0 saturated heterocycles. The van der Waals surface area contributed by atoms with E-state index in [-0.39, 0.29) is 5.75 Å². The number of halogens is 2. The molecule has 0 saturated carbocycles. The molecular weight excluding hydrogens is 465 g/mol. The van der Waals surface area contributed by atoms with E-state index in [4.69, 9.17) is 28.2 Å². The van der Waals surface area contributed by atoms with E-state index >= 15 is 0 Å². The number of para-hydroxylation sites is 1. The smallest absolute Gasteiger partial charge is 0.120 e. The summed E-state index contributed by atoms with van der Waals surface area (Å²) in [5, 5.41) is 18.5. The number of benzene rings is 4. The zero-order chi connectivity index (χ0) is 23.5. The summed E-state index contributed by atoms with van der Waals surface area (Å²) < 4.78 is 0. The average Bonchev–Trinajstić information content (AvgIpc) is 2.86. The summed E-state index contributed by atoms with van der Waals surface area (Å²) in [4.78, 5) is 7.15. The molecule has 0 unspecified atom stereocenters. The highest BCUT2D eigenvalue weighted by atomic mass is 35.5. The largest absolute Gasteiger partial charge is 0.508 e. The molecular formula is C28H25Cl2N3O. The second-order valence-electron chi connectivity index (χ2n) is 8.31. The first-order valence-electron chi connectivity index (χ1n) is 11.3. The highest BCUT2D eigenvalue weighted by molar-refractivity contribution is 6.18. The van der Waals surface area contributed by atoms with Crippen molar-refractivity contribution in [2.75, 3.05) is 30.2 Å². The molecule has 34 heavy (non-hydrogen) atoms. The van der Waals surface area contributed by atoms with E-state index in [2.05, 4.69) is 40.5 Å². The Morgan fingerprint density at radius 2 is 1.53 bits per heavy atom. The molecule has 5 aromatic rings. The number of nitrogens with one attached hydrogen (secondary N) is 1. The Bertz CT molecular complexity index is 1470. The maximum atomic E-state index is 10.5. The monoisotopic (exact) mass is 489 g/mol. The van der Waals surface area contributed by atoms with Crippen molar-refractivity contribution in [3.63, 3.8) is 0 Å². The minimum absolute atomic E-state index is 0.259. The summed E-state index contributed by atoms with van der Waals surface area (Å²) in [5.74, 6) is 1.28. The lowest BCUT2D eigenvalue weighted by Crippen LogP contribution is -2.27. The van der Waals surface area contributed by atoms with Gasteiger partial charge in [-0.05, 0) is 29.7 Å². The molecule has 1 heterocycles. The Labute approximate surface area is 208 Å². The van der Waals surface area contributed by atoms with Crippen LogP contribution in [0, 0.1) is 0 Å². The predicted molar refractivity (Wildman–Crippen MR) is 145 cm³/mol. The number of phenolic OH excluding ortho intramolecular Hbond substituents is 1. The van der Waals surface area contributed by atoms with E-state index in [1.165, 1.54) is 0 Å². The second-order valence-corrected chi connectivity index (χ2v) is 9.07. The number of aromatic nitrogens is 1. The average molecular weight is 490 g/mol. The van der Waals surface area contributed by atoms with E-state index in [9.17, 15) is 5.11 Å². The number of rotatable bonds is 8. The number of aromatic hydroxyl groups is 1. The molecule has 4 nitrogen and oxygen atoms in total. The third kappa shape index (κ3) is 4.49. The van der Waals surface area contributed by atoms with Crippen LogP contribution < -0.4 is 5.32 Å². The van der Waals surface area contributed by atoms with E-state index in [0.717, 1.165) is 49.5 Å². The van der Waals surface area contributed by atoms with Crippen molar-refractivity contribution >= 4 is 67.2 Å². The molecule has 0 aliphatic heterocycles. The van der Waals surface area contributed by atoms with Crippen LogP contribution in [0.3, 0.4) is 0 Å². The molecule has 0 aliphatic carbocycles. The fraction of sp³-hybridized carbons (Fsp3) is 0.179. The second kappa shape index (κ2) is 10.1. The highest BCUT2D eigenvalue weighted by Gasteiger charge is 2.14. The maximum absolute atomic E-state index is 10.5. The standard InChI is InChI=1S/C28H25Cl2N3O/c29-13-15-33(16-14-30)18-20-17-21(10-12-26(20)34)31-28-23-7-3-4-8-25(23)32-27-22-6-2-1-5-19(22)9-11-24(27)28/h1-12,17,34H,13-16,18H2,(H,31,32). The van der Waals surface area contributed by atoms with Gasteiger partial charge in [0.05, 0.1) is 16.7 Å². The number of phenols is 1. The lowest BCUT2D eigenvalue weighted by Gasteiger charge is -2.21. The highest BCUT2D eigenvalue weighted by Crippen LogP contribution is 2.37. The Morgan fingerprint density at radius 1 is 0.794 bits per heavy atom. The van der Waals surface area contributed by atoms with E-state index in [1.54, 1.807) is 6.07 Å². The van der Waals surface area contributed by atoms with Gasteiger partial charge in [-0.1, -0.05) is 54.6 Å². The number of fused-ring (bicyclic) bond motifs is 4. The third-order valence-electron chi connectivity index (χ3n) is 6.12. The number of nitrogens with zero attached hydrogens (tertiary/aromatic N) is 2. The molecule has 2 N–H and O–H groups in total. The van der Waals surface area contributed by atoms with Crippen LogP contribution in [0.5, 0.6) is 5.75 Å². The first-order chi connectivity index (χ1) is 16.7. The van der Waals surface area contributed by atoms with Gasteiger partial charge in [0.2, 0.25) is 0 Å². The first-order valence-corrected chi connectivity index (χ1v) is 12.4. The Balaban J connectivity index is 1.61. The van der Waals surface area contributed by atoms with Crippen LogP contribution in [-0.4, -0.2) is 39.8 Å². The SMILES string of the molecule is Oc1ccc(Nc2c3ccccc3nc3c2ccc2ccccc23)cc1CN(CCCl)CCCl. The predicted octanol–water partition coefficient (Wildman–Crippen LogP) is 7.27. The molecule has 0 fully saturated rings. The zero-order valence-corrected chi connectivity index (χ0v) is 20.2. The summed E-state index contributed by atoms with van der Waals surface area (Å²) in [6.45, 7) is 1.99. The van der Waals surface area contributed by atoms with E-state index in [1.807, 2.05) is 42.5 Å². The van der Waals surface area contributed by atoms with Gasteiger partial charge in [0, 0.05) is 58.8 Å². The Hall–Kier alpha value is -3.05. The van der Waals surface area contributed by atoms with Crippen LogP contribution in [0.2, 0.25) is 0 Å². The van der Waals surface area contributed by atoms with Gasteiger partial charge < -0.3 is 10.4 Å². The quantitative estimate of drug-likeness (QED) is 0.104. The maximum Gasteiger partial charge on any atom is 0.120 e. The number of anilines is 2.